The van der Waals surface area contributed by atoms with Gasteiger partial charge in [0.2, 0.25) is 0 Å². The summed E-state index contributed by atoms with van der Waals surface area (Å²) in [6.07, 6.45) is 1.10. The van der Waals surface area contributed by atoms with Crippen LogP contribution in [0.15, 0.2) is 0 Å². The lowest BCUT2D eigenvalue weighted by molar-refractivity contribution is 0.0463. The first-order chi connectivity index (χ1) is 7.71. The van der Waals surface area contributed by atoms with Crippen LogP contribution in [0.25, 0.3) is 0 Å². The number of rotatable bonds is 3. The van der Waals surface area contributed by atoms with Crippen molar-refractivity contribution in [1.82, 2.24) is 4.90 Å². The molecule has 0 amide bonds. The Hall–Kier alpha value is -0.130. The van der Waals surface area contributed by atoms with Gasteiger partial charge in [-0.25, -0.2) is 8.42 Å². The van der Waals surface area contributed by atoms with E-state index in [4.69, 9.17) is 0 Å². The molecule has 0 saturated carbocycles. The summed E-state index contributed by atoms with van der Waals surface area (Å²) in [5, 5.41) is 9.94. The van der Waals surface area contributed by atoms with Crippen LogP contribution in [0.3, 0.4) is 0 Å². The average Bonchev–Trinajstić information content (AvgIpc) is 2.34. The van der Waals surface area contributed by atoms with Crippen LogP contribution in [-0.4, -0.2) is 55.7 Å². The van der Waals surface area contributed by atoms with Crippen LogP contribution in [0.2, 0.25) is 0 Å². The van der Waals surface area contributed by atoms with Gasteiger partial charge in [-0.2, -0.15) is 0 Å². The Bertz CT molecular complexity index is 332. The second kappa shape index (κ2) is 5.67. The number of sulfone groups is 1. The first kappa shape index (κ1) is 14.9. The molecular weight excluding hydrogens is 238 g/mol. The summed E-state index contributed by atoms with van der Waals surface area (Å²) in [4.78, 5) is 2.15. The topological polar surface area (TPSA) is 57.6 Å². The van der Waals surface area contributed by atoms with Gasteiger partial charge >= 0.3 is 0 Å². The van der Waals surface area contributed by atoms with Crippen molar-refractivity contribution < 1.29 is 13.5 Å². The van der Waals surface area contributed by atoms with E-state index in [1.54, 1.807) is 0 Å². The second-order valence-corrected chi connectivity index (χ2v) is 8.32. The minimum atomic E-state index is -2.82. The van der Waals surface area contributed by atoms with E-state index in [9.17, 15) is 13.5 Å². The molecule has 1 aliphatic rings. The van der Waals surface area contributed by atoms with Gasteiger partial charge in [0.1, 0.15) is 0 Å². The lowest BCUT2D eigenvalue weighted by atomic mass is 9.87. The molecule has 1 unspecified atom stereocenters. The second-order valence-electron chi connectivity index (χ2n) is 6.02. The van der Waals surface area contributed by atoms with E-state index in [0.29, 0.717) is 25.1 Å². The van der Waals surface area contributed by atoms with Crippen LogP contribution < -0.4 is 0 Å². The third kappa shape index (κ3) is 5.36. The standard InChI is InChI=1S/C12H25NO3S/c1-12(2,3)11(14)5-7-13-6-4-9-17(15,16)10-8-13/h11,14H,4-10H2,1-3H3. The number of hydrogen-bond donors (Lipinski definition) is 1. The molecule has 1 N–H and O–H groups in total. The van der Waals surface area contributed by atoms with Crippen molar-refractivity contribution in [2.24, 2.45) is 5.41 Å². The van der Waals surface area contributed by atoms with E-state index in [0.717, 1.165) is 13.1 Å². The zero-order chi connectivity index (χ0) is 13.1. The van der Waals surface area contributed by atoms with Gasteiger partial charge in [-0.3, -0.25) is 0 Å². The molecule has 1 atom stereocenters. The number of nitrogens with zero attached hydrogens (tertiary/aromatic N) is 1. The Morgan fingerprint density at radius 1 is 1.24 bits per heavy atom. The highest BCUT2D eigenvalue weighted by Gasteiger charge is 2.24. The summed E-state index contributed by atoms with van der Waals surface area (Å²) in [5.74, 6) is 0.573. The summed E-state index contributed by atoms with van der Waals surface area (Å²) < 4.78 is 22.9. The molecule has 5 heteroatoms. The van der Waals surface area contributed by atoms with Crippen LogP contribution in [0, 0.1) is 5.41 Å². The predicted molar refractivity (Wildman–Crippen MR) is 69.8 cm³/mol. The van der Waals surface area contributed by atoms with E-state index in [1.807, 2.05) is 20.8 Å². The van der Waals surface area contributed by atoms with Gasteiger partial charge in [-0.15, -0.1) is 0 Å². The molecule has 102 valence electrons. The SMILES string of the molecule is CC(C)(C)C(O)CCN1CCCS(=O)(=O)CC1. The van der Waals surface area contributed by atoms with Crippen LogP contribution in [0.5, 0.6) is 0 Å². The van der Waals surface area contributed by atoms with Crippen molar-refractivity contribution in [1.29, 1.82) is 0 Å². The molecule has 1 fully saturated rings. The fourth-order valence-corrected chi connectivity index (χ4v) is 3.26. The van der Waals surface area contributed by atoms with E-state index < -0.39 is 9.84 Å². The van der Waals surface area contributed by atoms with Crippen LogP contribution >= 0.6 is 0 Å². The fourth-order valence-electron chi connectivity index (χ4n) is 1.95. The highest BCUT2D eigenvalue weighted by atomic mass is 32.2. The predicted octanol–water partition coefficient (Wildman–Crippen LogP) is 0.904. The van der Waals surface area contributed by atoms with E-state index >= 15 is 0 Å². The molecule has 0 aromatic heterocycles. The third-order valence-corrected chi connectivity index (χ3v) is 5.08. The minimum Gasteiger partial charge on any atom is -0.393 e. The maximum absolute atomic E-state index is 11.4. The van der Waals surface area contributed by atoms with Crippen LogP contribution in [0.4, 0.5) is 0 Å². The minimum absolute atomic E-state index is 0.0993. The van der Waals surface area contributed by atoms with Crippen LogP contribution in [-0.2, 0) is 9.84 Å². The first-order valence-corrected chi connectivity index (χ1v) is 8.14. The van der Waals surface area contributed by atoms with Crippen molar-refractivity contribution in [3.63, 3.8) is 0 Å². The molecule has 1 heterocycles. The zero-order valence-electron chi connectivity index (χ0n) is 11.1. The maximum atomic E-state index is 11.4. The molecular formula is C12H25NO3S. The van der Waals surface area contributed by atoms with Gasteiger partial charge in [0.05, 0.1) is 17.6 Å². The normalized spacial score (nSPS) is 24.2. The maximum Gasteiger partial charge on any atom is 0.151 e. The lowest BCUT2D eigenvalue weighted by Crippen LogP contribution is -2.34. The molecule has 1 saturated heterocycles. The quantitative estimate of drug-likeness (QED) is 0.822. The van der Waals surface area contributed by atoms with Gasteiger partial charge < -0.3 is 10.0 Å². The molecule has 0 bridgehead atoms. The Morgan fingerprint density at radius 3 is 2.47 bits per heavy atom. The average molecular weight is 263 g/mol. The van der Waals surface area contributed by atoms with Crippen LogP contribution in [0.1, 0.15) is 33.6 Å². The first-order valence-electron chi connectivity index (χ1n) is 6.31. The highest BCUT2D eigenvalue weighted by molar-refractivity contribution is 7.91. The summed E-state index contributed by atoms with van der Waals surface area (Å²) >= 11 is 0. The molecule has 0 aromatic carbocycles. The molecule has 17 heavy (non-hydrogen) atoms. The van der Waals surface area contributed by atoms with E-state index in [1.165, 1.54) is 0 Å². The molecule has 1 aliphatic heterocycles. The number of aliphatic hydroxyl groups is 1. The molecule has 0 aromatic rings. The van der Waals surface area contributed by atoms with Crippen molar-refractivity contribution >= 4 is 9.84 Å². The molecule has 0 aliphatic carbocycles. The molecule has 0 radical (unpaired) electrons. The number of hydrogen-bond acceptors (Lipinski definition) is 4. The Morgan fingerprint density at radius 2 is 1.88 bits per heavy atom. The smallest absolute Gasteiger partial charge is 0.151 e. The van der Waals surface area contributed by atoms with Gasteiger partial charge in [0.15, 0.2) is 9.84 Å². The third-order valence-electron chi connectivity index (χ3n) is 3.37. The monoisotopic (exact) mass is 263 g/mol. The van der Waals surface area contributed by atoms with Gasteiger partial charge in [0.25, 0.3) is 0 Å². The summed E-state index contributed by atoms with van der Waals surface area (Å²) in [6.45, 7) is 8.28. The Kier molecular flexibility index (Phi) is 4.98. The van der Waals surface area contributed by atoms with Gasteiger partial charge in [-0.1, -0.05) is 20.8 Å². The van der Waals surface area contributed by atoms with Crippen molar-refractivity contribution in [2.75, 3.05) is 31.1 Å². The molecule has 0 spiro atoms. The summed E-state index contributed by atoms with van der Waals surface area (Å²) in [6, 6.07) is 0. The summed E-state index contributed by atoms with van der Waals surface area (Å²) in [5.41, 5.74) is -0.0993. The van der Waals surface area contributed by atoms with Gasteiger partial charge in [-0.05, 0) is 24.8 Å². The molecule has 1 rings (SSSR count). The Balaban J connectivity index is 2.38. The van der Waals surface area contributed by atoms with E-state index in [-0.39, 0.29) is 17.3 Å². The van der Waals surface area contributed by atoms with Crippen molar-refractivity contribution in [3.05, 3.63) is 0 Å². The lowest BCUT2D eigenvalue weighted by Gasteiger charge is -2.28. The van der Waals surface area contributed by atoms with Gasteiger partial charge in [0, 0.05) is 13.1 Å². The Labute approximate surface area is 105 Å². The van der Waals surface area contributed by atoms with Crippen molar-refractivity contribution in [3.8, 4) is 0 Å². The zero-order valence-corrected chi connectivity index (χ0v) is 12.0. The largest absolute Gasteiger partial charge is 0.393 e. The fraction of sp³-hybridized carbons (Fsp3) is 1.00. The van der Waals surface area contributed by atoms with E-state index in [2.05, 4.69) is 4.90 Å². The number of aliphatic hydroxyl groups excluding tert-OH is 1. The summed E-state index contributed by atoms with van der Waals surface area (Å²) in [7, 11) is -2.82. The highest BCUT2D eigenvalue weighted by Crippen LogP contribution is 2.21. The van der Waals surface area contributed by atoms with Crippen molar-refractivity contribution in [2.45, 2.75) is 39.7 Å². The molecule has 4 nitrogen and oxygen atoms in total.